The molecule has 0 saturated carbocycles. The Morgan fingerprint density at radius 1 is 0.509 bits per heavy atom. The Balaban J connectivity index is 0.000000222. The summed E-state index contributed by atoms with van der Waals surface area (Å²) in [5.41, 5.74) is 22.1. The maximum absolute atomic E-state index is 5.15. The SMILES string of the molecule is Cc1cc(C)c(-c2[c-]c(-c3c(C)cc(C)cc3C)ccc2)c(C)c1.Cc1cc(C)c(-c2ccccc2[N]=[U]=[CH]C(C)(C)c2ccccc2)c(C)c1.[U].c1cc[n-]c1. The van der Waals surface area contributed by atoms with Gasteiger partial charge in [-0.05, 0) is 41.5 Å². The molecule has 1 aromatic heterocycles. The van der Waals surface area contributed by atoms with Crippen molar-refractivity contribution in [2.24, 2.45) is 2.26 Å². The van der Waals surface area contributed by atoms with Gasteiger partial charge >= 0.3 is 178 Å². The number of rotatable bonds is 6. The van der Waals surface area contributed by atoms with E-state index in [0.717, 1.165) is 5.69 Å². The maximum atomic E-state index is 5.15. The standard InChI is InChI=1S/C24H25.C15H15N.C10H12.C4H4N.2U/c1-15-10-17(3)23(18(4)11-15)21-8-7-9-22(14-21)24-19(5)12-16(2)13-20(24)6;1-10-8-11(2)15(12(3)9-10)13-6-4-5-7-14(13)16;1-10(2,3)9-7-5-4-6-8-9;1-2-4-5-3-1;;/h7-13H,1-6H3;4-9H,1-3H3;1,4-8H,2-3H3;1-4H;;/q-1;;;-1;;. The molecule has 0 N–H and O–H groups in total. The van der Waals surface area contributed by atoms with Crippen molar-refractivity contribution in [2.45, 2.75) is 81.6 Å². The molecule has 2 nitrogen and oxygen atoms in total. The van der Waals surface area contributed by atoms with Crippen LogP contribution in [0.25, 0.3) is 33.4 Å². The van der Waals surface area contributed by atoms with Crippen molar-refractivity contribution in [1.82, 2.24) is 4.98 Å². The Bertz CT molecular complexity index is 2310. The van der Waals surface area contributed by atoms with E-state index in [1.807, 2.05) is 12.1 Å². The van der Waals surface area contributed by atoms with E-state index >= 15 is 0 Å². The Labute approximate surface area is 380 Å². The van der Waals surface area contributed by atoms with Crippen molar-refractivity contribution in [1.29, 1.82) is 0 Å². The quantitative estimate of drug-likeness (QED) is 0.152. The van der Waals surface area contributed by atoms with Gasteiger partial charge in [-0.2, -0.15) is 12.4 Å². The second-order valence-corrected chi connectivity index (χ2v) is 18.8. The van der Waals surface area contributed by atoms with Gasteiger partial charge in [-0.3, -0.25) is 0 Å². The first-order chi connectivity index (χ1) is 26.7. The summed E-state index contributed by atoms with van der Waals surface area (Å²) in [6.45, 7) is 24.3. The van der Waals surface area contributed by atoms with Gasteiger partial charge in [0.05, 0.1) is 0 Å². The molecule has 1 heterocycles. The van der Waals surface area contributed by atoms with Crippen LogP contribution in [0.4, 0.5) is 5.69 Å². The molecule has 0 atom stereocenters. The molecule has 6 aromatic carbocycles. The summed E-state index contributed by atoms with van der Waals surface area (Å²) in [7, 11) is 0. The summed E-state index contributed by atoms with van der Waals surface area (Å²) < 4.78 is 7.66. The number of hydrogen-bond acceptors (Lipinski definition) is 1. The molecule has 0 aliphatic heterocycles. The Hall–Kier alpha value is -3.63. The van der Waals surface area contributed by atoms with Gasteiger partial charge in [0, 0.05) is 31.1 Å². The molecule has 0 radical (unpaired) electrons. The fourth-order valence-corrected chi connectivity index (χ4v) is 11.5. The minimum atomic E-state index is -1.40. The number of benzene rings is 6. The number of hydrogen-bond donors (Lipinski definition) is 0. The molecule has 288 valence electrons. The van der Waals surface area contributed by atoms with E-state index in [2.05, 4.69) is 199 Å². The number of aryl methyl sites for hydroxylation is 9. The zero-order chi connectivity index (χ0) is 40.4. The van der Waals surface area contributed by atoms with E-state index in [1.165, 1.54) is 89.0 Å². The van der Waals surface area contributed by atoms with Crippen LogP contribution in [0.3, 0.4) is 0 Å². The van der Waals surface area contributed by atoms with Gasteiger partial charge in [-0.1, -0.05) is 80.9 Å². The van der Waals surface area contributed by atoms with Gasteiger partial charge in [0.2, 0.25) is 0 Å². The van der Waals surface area contributed by atoms with Gasteiger partial charge < -0.3 is 4.98 Å². The van der Waals surface area contributed by atoms with Crippen LogP contribution in [0.2, 0.25) is 0 Å². The van der Waals surface area contributed by atoms with Crippen molar-refractivity contribution in [3.8, 4) is 33.4 Å². The summed E-state index contributed by atoms with van der Waals surface area (Å²) in [5, 5.41) is 0. The van der Waals surface area contributed by atoms with Crippen LogP contribution in [0.1, 0.15) is 69.5 Å². The van der Waals surface area contributed by atoms with Crippen LogP contribution in [0.15, 0.2) is 136 Å². The first kappa shape index (κ1) is 46.1. The zero-order valence-electron chi connectivity index (χ0n) is 35.7. The molecule has 0 bridgehead atoms. The third-order valence-corrected chi connectivity index (χ3v) is 15.2. The summed E-state index contributed by atoms with van der Waals surface area (Å²) >= 11 is -1.40. The van der Waals surface area contributed by atoms with Gasteiger partial charge in [0.1, 0.15) is 0 Å². The van der Waals surface area contributed by atoms with E-state index in [9.17, 15) is 0 Å². The van der Waals surface area contributed by atoms with Crippen LogP contribution in [-0.4, -0.2) is 3.03 Å². The molecule has 0 aliphatic carbocycles. The molecule has 7 aromatic rings. The molecule has 4 heteroatoms. The normalized spacial score (nSPS) is 10.5. The first-order valence-corrected chi connectivity index (χ1v) is 23.8. The second-order valence-electron chi connectivity index (χ2n) is 15.6. The molecule has 7 rings (SSSR count). The van der Waals surface area contributed by atoms with Crippen molar-refractivity contribution in [2.75, 3.05) is 0 Å². The van der Waals surface area contributed by atoms with Crippen molar-refractivity contribution >= 4 is 8.71 Å². The number of nitrogens with zero attached hydrogens (tertiary/aromatic N) is 2. The van der Waals surface area contributed by atoms with Crippen molar-refractivity contribution in [3.05, 3.63) is 195 Å². The molecule has 57 heavy (non-hydrogen) atoms. The van der Waals surface area contributed by atoms with Crippen molar-refractivity contribution < 1.29 is 58.2 Å². The van der Waals surface area contributed by atoms with Gasteiger partial charge in [0.25, 0.3) is 0 Å². The smallest absolute Gasteiger partial charge is 0 e. The molecule has 0 spiro atoms. The first-order valence-electron chi connectivity index (χ1n) is 19.5. The van der Waals surface area contributed by atoms with E-state index in [1.54, 1.807) is 12.4 Å². The Kier molecular flexibility index (Phi) is 17.3. The zero-order valence-corrected chi connectivity index (χ0v) is 44.0. The second kappa shape index (κ2) is 21.4. The molecular weight excluding hydrogens is 1140 g/mol. The van der Waals surface area contributed by atoms with Crippen LogP contribution >= 0.6 is 0 Å². The third kappa shape index (κ3) is 12.4. The third-order valence-electron chi connectivity index (χ3n) is 10.1. The van der Waals surface area contributed by atoms with E-state index in [4.69, 9.17) is 2.26 Å². The van der Waals surface area contributed by atoms with Crippen LogP contribution in [0, 0.1) is 127 Å². The molecule has 0 aliphatic rings. The molecule has 0 fully saturated rings. The minimum absolute atomic E-state index is 0. The summed E-state index contributed by atoms with van der Waals surface area (Å²) in [4.78, 5) is 3.72. The molecule has 0 unspecified atom stereocenters. The summed E-state index contributed by atoms with van der Waals surface area (Å²) in [6, 6.07) is 46.9. The van der Waals surface area contributed by atoms with E-state index in [-0.39, 0.29) is 36.5 Å². The molecular formula is C53H56N2U2-2. The van der Waals surface area contributed by atoms with Gasteiger partial charge in [0.15, 0.2) is 0 Å². The van der Waals surface area contributed by atoms with E-state index < -0.39 is 27.1 Å². The Morgan fingerprint density at radius 3 is 1.37 bits per heavy atom. The van der Waals surface area contributed by atoms with Crippen LogP contribution in [-0.2, 0) is 5.41 Å². The van der Waals surface area contributed by atoms with Gasteiger partial charge in [-0.25, -0.2) is 0 Å². The topological polar surface area (TPSA) is 26.5 Å². The minimum Gasteiger partial charge on any atom is -0.670 e. The largest absolute Gasteiger partial charge is 0.670 e. The molecule has 0 amide bonds. The monoisotopic (exact) mass is 1200 g/mol. The summed E-state index contributed by atoms with van der Waals surface area (Å²) in [6.07, 6.45) is 3.50. The predicted octanol–water partition coefficient (Wildman–Crippen LogP) is 14.3. The average molecular weight is 1200 g/mol. The molecule has 0 saturated heterocycles. The average Bonchev–Trinajstić information content (AvgIpc) is 3.73. The van der Waals surface area contributed by atoms with Crippen molar-refractivity contribution in [3.63, 3.8) is 0 Å². The van der Waals surface area contributed by atoms with Crippen LogP contribution < -0.4 is 4.98 Å². The van der Waals surface area contributed by atoms with Crippen LogP contribution in [0.5, 0.6) is 0 Å². The Morgan fingerprint density at radius 2 is 0.930 bits per heavy atom. The fourth-order valence-electron chi connectivity index (χ4n) is 7.82. The number of aromatic nitrogens is 1. The summed E-state index contributed by atoms with van der Waals surface area (Å²) in [5.74, 6) is 0. The maximum Gasteiger partial charge on any atom is 0 e. The fraction of sp³-hybridized carbons (Fsp3) is 0.226. The van der Waals surface area contributed by atoms with Gasteiger partial charge in [-0.15, -0.1) is 35.4 Å². The van der Waals surface area contributed by atoms with E-state index in [0.29, 0.717) is 0 Å². The predicted molar refractivity (Wildman–Crippen MR) is 238 cm³/mol.